The van der Waals surface area contributed by atoms with Crippen molar-refractivity contribution < 1.29 is 14.0 Å². The van der Waals surface area contributed by atoms with Gasteiger partial charge in [-0.05, 0) is 68.4 Å². The number of nitrogens with two attached hydrogens (primary N) is 1. The quantitative estimate of drug-likeness (QED) is 0.370. The van der Waals surface area contributed by atoms with Crippen molar-refractivity contribution in [2.75, 3.05) is 12.8 Å². The third kappa shape index (κ3) is 4.88. The fourth-order valence-corrected chi connectivity index (χ4v) is 5.52. The van der Waals surface area contributed by atoms with Gasteiger partial charge in [0, 0.05) is 24.4 Å². The lowest BCUT2D eigenvalue weighted by Crippen LogP contribution is -2.44. The molecule has 0 amide bonds. The van der Waals surface area contributed by atoms with Crippen LogP contribution in [0, 0.1) is 6.92 Å². The maximum atomic E-state index is 12.0. The first-order valence-electron chi connectivity index (χ1n) is 11.1. The molecule has 7 heteroatoms. The van der Waals surface area contributed by atoms with Crippen LogP contribution in [0.25, 0.3) is 5.69 Å². The van der Waals surface area contributed by atoms with E-state index in [1.165, 1.54) is 7.11 Å². The Bertz CT molecular complexity index is 938. The van der Waals surface area contributed by atoms with E-state index in [0.29, 0.717) is 23.3 Å². The van der Waals surface area contributed by atoms with Gasteiger partial charge >= 0.3 is 5.97 Å². The van der Waals surface area contributed by atoms with Gasteiger partial charge in [0.25, 0.3) is 0 Å². The Morgan fingerprint density at radius 2 is 1.84 bits per heavy atom. The van der Waals surface area contributed by atoms with Crippen molar-refractivity contribution in [3.63, 3.8) is 0 Å². The number of benzene rings is 1. The normalized spacial score (nSPS) is 20.0. The van der Waals surface area contributed by atoms with Crippen LogP contribution in [0.3, 0.4) is 0 Å². The molecule has 1 aromatic heterocycles. The van der Waals surface area contributed by atoms with Crippen LogP contribution in [0.2, 0.25) is 18.1 Å². The number of nitrogen functional groups attached to an aromatic ring is 1. The molecule has 31 heavy (non-hydrogen) atoms. The number of aromatic nitrogens is 2. The molecule has 1 aliphatic rings. The van der Waals surface area contributed by atoms with Crippen molar-refractivity contribution in [2.24, 2.45) is 0 Å². The lowest BCUT2D eigenvalue weighted by atomic mass is 9.87. The zero-order valence-electron chi connectivity index (χ0n) is 20.0. The lowest BCUT2D eigenvalue weighted by Gasteiger charge is -2.41. The fourth-order valence-electron chi connectivity index (χ4n) is 4.10. The zero-order chi connectivity index (χ0) is 23.0. The van der Waals surface area contributed by atoms with Crippen LogP contribution in [0.4, 0.5) is 5.69 Å². The summed E-state index contributed by atoms with van der Waals surface area (Å²) in [7, 11) is -0.371. The number of rotatable bonds is 5. The van der Waals surface area contributed by atoms with Crippen LogP contribution in [0.15, 0.2) is 24.5 Å². The van der Waals surface area contributed by atoms with E-state index in [1.54, 1.807) is 6.07 Å². The molecule has 0 bridgehead atoms. The van der Waals surface area contributed by atoms with Crippen molar-refractivity contribution in [1.29, 1.82) is 0 Å². The second-order valence-corrected chi connectivity index (χ2v) is 15.0. The van der Waals surface area contributed by atoms with Gasteiger partial charge in [-0.1, -0.05) is 20.8 Å². The van der Waals surface area contributed by atoms with Gasteiger partial charge in [0.2, 0.25) is 0 Å². The monoisotopic (exact) mass is 443 g/mol. The van der Waals surface area contributed by atoms with Crippen molar-refractivity contribution in [3.8, 4) is 5.69 Å². The number of esters is 1. The van der Waals surface area contributed by atoms with Crippen LogP contribution in [0.5, 0.6) is 0 Å². The number of ether oxygens (including phenoxy) is 1. The van der Waals surface area contributed by atoms with Crippen LogP contribution in [0.1, 0.15) is 74.1 Å². The Balaban J connectivity index is 1.77. The second kappa shape index (κ2) is 8.79. The molecule has 170 valence electrons. The minimum absolute atomic E-state index is 0.228. The number of imidazole rings is 1. The molecule has 0 aliphatic heterocycles. The van der Waals surface area contributed by atoms with Crippen LogP contribution < -0.4 is 5.73 Å². The summed E-state index contributed by atoms with van der Waals surface area (Å²) in [4.78, 5) is 16.7. The first kappa shape index (κ1) is 23.5. The van der Waals surface area contributed by atoms with Gasteiger partial charge in [0.15, 0.2) is 8.32 Å². The van der Waals surface area contributed by atoms with E-state index in [2.05, 4.69) is 43.4 Å². The summed E-state index contributed by atoms with van der Waals surface area (Å²) < 4.78 is 13.6. The van der Waals surface area contributed by atoms with E-state index in [4.69, 9.17) is 14.9 Å². The third-order valence-electron chi connectivity index (χ3n) is 7.01. The number of methoxy groups -OCH3 is 1. The number of hydrogen-bond donors (Lipinski definition) is 1. The Morgan fingerprint density at radius 1 is 1.19 bits per heavy atom. The molecule has 1 saturated carbocycles. The summed E-state index contributed by atoms with van der Waals surface area (Å²) >= 11 is 0. The van der Waals surface area contributed by atoms with Gasteiger partial charge in [0.05, 0.1) is 24.0 Å². The molecule has 0 saturated heterocycles. The SMILES string of the molecule is COC(=O)c1cc(N)c(-n2ccnc2[C@H]2CC[C@H](O[Si](C)(C)C(C)(C)C)CC2)cc1C. The van der Waals surface area contributed by atoms with E-state index in [1.807, 2.05) is 25.4 Å². The number of aryl methyl sites for hydroxylation is 1. The van der Waals surface area contributed by atoms with Gasteiger partial charge < -0.3 is 19.5 Å². The average molecular weight is 444 g/mol. The summed E-state index contributed by atoms with van der Waals surface area (Å²) in [6, 6.07) is 3.64. The summed E-state index contributed by atoms with van der Waals surface area (Å²) in [5.74, 6) is 1.03. The van der Waals surface area contributed by atoms with Gasteiger partial charge in [-0.25, -0.2) is 9.78 Å². The van der Waals surface area contributed by atoms with E-state index >= 15 is 0 Å². The number of anilines is 1. The lowest BCUT2D eigenvalue weighted by molar-refractivity contribution is 0.0600. The maximum absolute atomic E-state index is 12.0. The number of hydrogen-bond acceptors (Lipinski definition) is 5. The number of carbonyl (C=O) groups excluding carboxylic acids is 1. The molecule has 0 radical (unpaired) electrons. The highest BCUT2D eigenvalue weighted by Gasteiger charge is 2.40. The average Bonchev–Trinajstić information content (AvgIpc) is 3.17. The highest BCUT2D eigenvalue weighted by molar-refractivity contribution is 6.74. The molecule has 3 rings (SSSR count). The molecule has 2 N–H and O–H groups in total. The van der Waals surface area contributed by atoms with Crippen molar-refractivity contribution >= 4 is 20.0 Å². The van der Waals surface area contributed by atoms with E-state index < -0.39 is 8.32 Å². The summed E-state index contributed by atoms with van der Waals surface area (Å²) in [5, 5.41) is 0.228. The molecule has 0 unspecified atom stereocenters. The predicted molar refractivity (Wildman–Crippen MR) is 127 cm³/mol. The molecular weight excluding hydrogens is 406 g/mol. The first-order chi connectivity index (χ1) is 14.4. The topological polar surface area (TPSA) is 79.4 Å². The fraction of sp³-hybridized carbons (Fsp3) is 0.583. The van der Waals surface area contributed by atoms with Crippen LogP contribution >= 0.6 is 0 Å². The zero-order valence-corrected chi connectivity index (χ0v) is 21.0. The molecule has 6 nitrogen and oxygen atoms in total. The van der Waals surface area contributed by atoms with E-state index in [0.717, 1.165) is 42.8 Å². The Labute approximate surface area is 187 Å². The molecule has 0 spiro atoms. The molecule has 2 aromatic rings. The number of carbonyl (C=O) groups is 1. The Hall–Kier alpha value is -2.12. The molecular formula is C24H37N3O3Si. The molecule has 1 fully saturated rings. The summed E-state index contributed by atoms with van der Waals surface area (Å²) in [5.41, 5.74) is 9.06. The first-order valence-corrected chi connectivity index (χ1v) is 14.1. The Kier molecular flexibility index (Phi) is 6.67. The molecule has 1 aliphatic carbocycles. The highest BCUT2D eigenvalue weighted by Crippen LogP contribution is 2.41. The van der Waals surface area contributed by atoms with Crippen LogP contribution in [-0.4, -0.2) is 37.1 Å². The second-order valence-electron chi connectivity index (χ2n) is 10.2. The summed E-state index contributed by atoms with van der Waals surface area (Å²) in [6.45, 7) is 13.4. The molecule has 1 heterocycles. The largest absolute Gasteiger partial charge is 0.465 e. The maximum Gasteiger partial charge on any atom is 0.338 e. The summed E-state index contributed by atoms with van der Waals surface area (Å²) in [6.07, 6.45) is 8.34. The standard InChI is InChI=1S/C24H37N3O3Si/c1-16-14-21(20(25)15-19(16)23(28)29-5)27-13-12-26-22(27)17-8-10-18(11-9-17)30-31(6,7)24(2,3)4/h12-15,17-18H,8-11,25H2,1-7H3/t17-,18-. The van der Waals surface area contributed by atoms with E-state index in [-0.39, 0.29) is 11.0 Å². The Morgan fingerprint density at radius 3 is 2.42 bits per heavy atom. The molecule has 0 atom stereocenters. The number of nitrogens with zero attached hydrogens (tertiary/aromatic N) is 2. The van der Waals surface area contributed by atoms with Gasteiger partial charge in [-0.3, -0.25) is 0 Å². The van der Waals surface area contributed by atoms with Gasteiger partial charge in [-0.2, -0.15) is 0 Å². The van der Waals surface area contributed by atoms with Crippen molar-refractivity contribution in [1.82, 2.24) is 9.55 Å². The van der Waals surface area contributed by atoms with E-state index in [9.17, 15) is 4.79 Å². The van der Waals surface area contributed by atoms with Crippen molar-refractivity contribution in [3.05, 3.63) is 41.5 Å². The highest BCUT2D eigenvalue weighted by atomic mass is 28.4. The van der Waals surface area contributed by atoms with Gasteiger partial charge in [0.1, 0.15) is 5.82 Å². The van der Waals surface area contributed by atoms with Gasteiger partial charge in [-0.15, -0.1) is 0 Å². The minimum Gasteiger partial charge on any atom is -0.465 e. The predicted octanol–water partition coefficient (Wildman–Crippen LogP) is 5.60. The van der Waals surface area contributed by atoms with Crippen LogP contribution in [-0.2, 0) is 9.16 Å². The third-order valence-corrected chi connectivity index (χ3v) is 11.5. The minimum atomic E-state index is -1.75. The smallest absolute Gasteiger partial charge is 0.338 e. The van der Waals surface area contributed by atoms with Crippen molar-refractivity contribution in [2.45, 2.75) is 83.5 Å². The molecule has 1 aromatic carbocycles.